The number of halogens is 7. The van der Waals surface area contributed by atoms with Crippen LogP contribution in [-0.2, 0) is 12.4 Å². The van der Waals surface area contributed by atoms with Crippen molar-refractivity contribution in [3.8, 4) is 17.6 Å². The van der Waals surface area contributed by atoms with E-state index in [4.69, 9.17) is 21.6 Å². The third-order valence-electron chi connectivity index (χ3n) is 2.90. The lowest BCUT2D eigenvalue weighted by Crippen LogP contribution is -2.08. The number of rotatable bonds is 2. The minimum Gasteiger partial charge on any atom is -0.457 e. The van der Waals surface area contributed by atoms with E-state index in [0.29, 0.717) is 12.1 Å². The van der Waals surface area contributed by atoms with E-state index in [-0.39, 0.29) is 11.5 Å². The molecule has 2 rings (SSSR count). The van der Waals surface area contributed by atoms with Gasteiger partial charge in [-0.25, -0.2) is 0 Å². The molecule has 0 aliphatic rings. The zero-order valence-corrected chi connectivity index (χ0v) is 12.2. The van der Waals surface area contributed by atoms with Crippen LogP contribution in [0.25, 0.3) is 0 Å². The van der Waals surface area contributed by atoms with Gasteiger partial charge < -0.3 is 4.74 Å². The molecule has 9 heteroatoms. The van der Waals surface area contributed by atoms with Crippen LogP contribution in [0.3, 0.4) is 0 Å². The molecule has 2 nitrogen and oxygen atoms in total. The molecule has 2 aromatic rings. The first-order valence-electron chi connectivity index (χ1n) is 6.18. The Morgan fingerprint density at radius 3 is 1.83 bits per heavy atom. The molecule has 0 N–H and O–H groups in total. The molecule has 0 radical (unpaired) electrons. The van der Waals surface area contributed by atoms with Gasteiger partial charge in [-0.1, -0.05) is 11.6 Å². The number of hydrogen-bond acceptors (Lipinski definition) is 2. The van der Waals surface area contributed by atoms with Crippen LogP contribution in [0.1, 0.15) is 16.7 Å². The molecule has 0 amide bonds. The monoisotopic (exact) mass is 365 g/mol. The Hall–Kier alpha value is -2.40. The molecule has 126 valence electrons. The first-order chi connectivity index (χ1) is 11.0. The van der Waals surface area contributed by atoms with Crippen LogP contribution in [0.15, 0.2) is 36.4 Å². The molecule has 0 aromatic heterocycles. The van der Waals surface area contributed by atoms with Gasteiger partial charge in [-0.2, -0.15) is 31.6 Å². The van der Waals surface area contributed by atoms with Crippen molar-refractivity contribution in [2.45, 2.75) is 12.4 Å². The molecular formula is C15H6ClF6NO. The molecule has 0 spiro atoms. The maximum atomic E-state index is 12.9. The molecule has 0 aliphatic carbocycles. The number of benzene rings is 2. The molecule has 0 heterocycles. The van der Waals surface area contributed by atoms with E-state index in [2.05, 4.69) is 0 Å². The van der Waals surface area contributed by atoms with Crippen molar-refractivity contribution in [3.05, 3.63) is 58.1 Å². The third-order valence-corrected chi connectivity index (χ3v) is 3.23. The van der Waals surface area contributed by atoms with Crippen LogP contribution in [0, 0.1) is 11.3 Å². The Morgan fingerprint density at radius 2 is 1.33 bits per heavy atom. The first-order valence-corrected chi connectivity index (χ1v) is 6.56. The smallest absolute Gasteiger partial charge is 0.417 e. The van der Waals surface area contributed by atoms with Crippen molar-refractivity contribution < 1.29 is 31.1 Å². The SMILES string of the molecule is N#Cc1ccc(Oc2ccc(Cl)c(C(F)(F)F)c2)cc1C(F)(F)F. The van der Waals surface area contributed by atoms with Crippen molar-refractivity contribution in [2.75, 3.05) is 0 Å². The summed E-state index contributed by atoms with van der Waals surface area (Å²) in [5.74, 6) is -0.707. The summed E-state index contributed by atoms with van der Waals surface area (Å²) in [5, 5.41) is 8.12. The fourth-order valence-electron chi connectivity index (χ4n) is 1.84. The number of nitriles is 1. The van der Waals surface area contributed by atoms with Gasteiger partial charge in [0.05, 0.1) is 27.8 Å². The van der Waals surface area contributed by atoms with Gasteiger partial charge in [-0.15, -0.1) is 0 Å². The fraction of sp³-hybridized carbons (Fsp3) is 0.133. The number of ether oxygens (including phenoxy) is 1. The maximum absolute atomic E-state index is 12.9. The van der Waals surface area contributed by atoms with Gasteiger partial charge in [0, 0.05) is 0 Å². The highest BCUT2D eigenvalue weighted by atomic mass is 35.5. The summed E-state index contributed by atoms with van der Waals surface area (Å²) in [4.78, 5) is 0. The molecule has 0 saturated carbocycles. The topological polar surface area (TPSA) is 33.0 Å². The highest BCUT2D eigenvalue weighted by Crippen LogP contribution is 2.39. The van der Waals surface area contributed by atoms with Crippen molar-refractivity contribution >= 4 is 11.6 Å². The summed E-state index contributed by atoms with van der Waals surface area (Å²) in [5.41, 5.74) is -3.04. The molecule has 0 unspecified atom stereocenters. The molecule has 0 aliphatic heterocycles. The number of hydrogen-bond donors (Lipinski definition) is 0. The summed E-state index contributed by atoms with van der Waals surface area (Å²) >= 11 is 5.45. The number of nitrogens with zero attached hydrogens (tertiary/aromatic N) is 1. The highest BCUT2D eigenvalue weighted by molar-refractivity contribution is 6.31. The van der Waals surface area contributed by atoms with Gasteiger partial charge in [0.1, 0.15) is 11.5 Å². The van der Waals surface area contributed by atoms with E-state index >= 15 is 0 Å². The van der Waals surface area contributed by atoms with Gasteiger partial charge in [0.15, 0.2) is 0 Å². The second kappa shape index (κ2) is 6.24. The van der Waals surface area contributed by atoms with Crippen LogP contribution < -0.4 is 4.74 Å². The Bertz CT molecular complexity index is 807. The Balaban J connectivity index is 2.41. The molecule has 2 aromatic carbocycles. The fourth-order valence-corrected chi connectivity index (χ4v) is 2.06. The average Bonchev–Trinajstić information content (AvgIpc) is 2.47. The predicted octanol–water partition coefficient (Wildman–Crippen LogP) is 6.04. The zero-order valence-electron chi connectivity index (χ0n) is 11.5. The standard InChI is InChI=1S/C15H6ClF6NO/c16-13-4-3-10(6-12(13)15(20,21)22)24-9-2-1-8(7-23)11(5-9)14(17,18)19/h1-6H. The van der Waals surface area contributed by atoms with Crippen LogP contribution in [0.4, 0.5) is 26.3 Å². The minimum absolute atomic E-state index is 0.343. The van der Waals surface area contributed by atoms with Crippen molar-refractivity contribution in [1.82, 2.24) is 0 Å². The van der Waals surface area contributed by atoms with E-state index in [1.54, 1.807) is 0 Å². The van der Waals surface area contributed by atoms with Gasteiger partial charge in [-0.3, -0.25) is 0 Å². The first kappa shape index (κ1) is 17.9. The summed E-state index contributed by atoms with van der Waals surface area (Å²) in [6.45, 7) is 0. The predicted molar refractivity (Wildman–Crippen MR) is 72.7 cm³/mol. The summed E-state index contributed by atoms with van der Waals surface area (Å²) in [7, 11) is 0. The van der Waals surface area contributed by atoms with Crippen LogP contribution >= 0.6 is 11.6 Å². The normalized spacial score (nSPS) is 11.9. The second-order valence-corrected chi connectivity index (χ2v) is 4.97. The van der Waals surface area contributed by atoms with Crippen LogP contribution in [-0.4, -0.2) is 0 Å². The lowest BCUT2D eigenvalue weighted by atomic mass is 10.1. The average molecular weight is 366 g/mol. The van der Waals surface area contributed by atoms with Crippen LogP contribution in [0.2, 0.25) is 5.02 Å². The van der Waals surface area contributed by atoms with Crippen molar-refractivity contribution in [2.24, 2.45) is 0 Å². The van der Waals surface area contributed by atoms with E-state index in [0.717, 1.165) is 24.3 Å². The van der Waals surface area contributed by atoms with Crippen molar-refractivity contribution in [3.63, 3.8) is 0 Å². The largest absolute Gasteiger partial charge is 0.457 e. The van der Waals surface area contributed by atoms with E-state index in [1.807, 2.05) is 0 Å². The minimum atomic E-state index is -4.80. The molecule has 24 heavy (non-hydrogen) atoms. The quantitative estimate of drug-likeness (QED) is 0.608. The lowest BCUT2D eigenvalue weighted by Gasteiger charge is -2.13. The molecule has 0 atom stereocenters. The molecule has 0 fully saturated rings. The summed E-state index contributed by atoms with van der Waals surface area (Å²) < 4.78 is 81.9. The zero-order chi connectivity index (χ0) is 18.1. The van der Waals surface area contributed by atoms with Gasteiger partial charge in [-0.05, 0) is 36.4 Å². The lowest BCUT2D eigenvalue weighted by molar-refractivity contribution is -0.138. The van der Waals surface area contributed by atoms with E-state index in [1.165, 1.54) is 6.07 Å². The van der Waals surface area contributed by atoms with Crippen LogP contribution in [0.5, 0.6) is 11.5 Å². The third kappa shape index (κ3) is 3.92. The van der Waals surface area contributed by atoms with Gasteiger partial charge in [0.2, 0.25) is 0 Å². The highest BCUT2D eigenvalue weighted by Gasteiger charge is 2.35. The second-order valence-electron chi connectivity index (χ2n) is 4.56. The number of alkyl halides is 6. The molecule has 0 saturated heterocycles. The Morgan fingerprint density at radius 1 is 0.833 bits per heavy atom. The molecular weight excluding hydrogens is 360 g/mol. The van der Waals surface area contributed by atoms with E-state index < -0.39 is 34.1 Å². The summed E-state index contributed by atoms with van der Waals surface area (Å²) in [6.07, 6.45) is -9.54. The Kier molecular flexibility index (Phi) is 4.67. The van der Waals surface area contributed by atoms with Crippen molar-refractivity contribution in [1.29, 1.82) is 5.26 Å². The summed E-state index contributed by atoms with van der Waals surface area (Å²) in [6, 6.07) is 6.44. The van der Waals surface area contributed by atoms with Gasteiger partial charge >= 0.3 is 12.4 Å². The Labute approximate surface area is 136 Å². The maximum Gasteiger partial charge on any atom is 0.417 e. The molecule has 0 bridgehead atoms. The van der Waals surface area contributed by atoms with Gasteiger partial charge in [0.25, 0.3) is 0 Å². The van der Waals surface area contributed by atoms with E-state index in [9.17, 15) is 26.3 Å².